The van der Waals surface area contributed by atoms with Crippen LogP contribution in [0.4, 0.5) is 0 Å². The highest BCUT2D eigenvalue weighted by Gasteiger charge is 2.57. The van der Waals surface area contributed by atoms with Crippen molar-refractivity contribution in [2.75, 3.05) is 0 Å². The normalized spacial score (nSPS) is 14.1. The highest BCUT2D eigenvalue weighted by Crippen LogP contribution is 2.39. The molecule has 0 aliphatic carbocycles. The lowest BCUT2D eigenvalue weighted by atomic mass is 10.3. The van der Waals surface area contributed by atoms with Crippen LogP contribution < -0.4 is 0 Å². The van der Waals surface area contributed by atoms with E-state index in [-0.39, 0.29) is 12.1 Å². The van der Waals surface area contributed by atoms with E-state index >= 15 is 0 Å². The predicted octanol–water partition coefficient (Wildman–Crippen LogP) is 4.25. The van der Waals surface area contributed by atoms with Crippen molar-refractivity contribution in [3.05, 3.63) is 12.3 Å². The van der Waals surface area contributed by atoms with Crippen LogP contribution in [0.15, 0.2) is 12.3 Å². The third-order valence-corrected chi connectivity index (χ3v) is 24.8. The van der Waals surface area contributed by atoms with Crippen LogP contribution in [0.3, 0.4) is 0 Å². The van der Waals surface area contributed by atoms with Crippen LogP contribution in [0.25, 0.3) is 0 Å². The predicted molar refractivity (Wildman–Crippen MR) is 77.2 cm³/mol. The molecule has 1 nitrogen and oxygen atoms in total. The van der Waals surface area contributed by atoms with Gasteiger partial charge in [0.1, 0.15) is 0 Å². The van der Waals surface area contributed by atoms with E-state index in [1.165, 1.54) is 0 Å². The molecule has 15 heavy (non-hydrogen) atoms. The minimum absolute atomic E-state index is 0.219. The van der Waals surface area contributed by atoms with Gasteiger partial charge < -0.3 is 0 Å². The minimum Gasteiger partial charge on any atom is -0.296 e. The van der Waals surface area contributed by atoms with E-state index in [1.54, 1.807) is 5.70 Å². The highest BCUT2D eigenvalue weighted by atomic mass is 35.8. The molecule has 0 amide bonds. The molecule has 7 heteroatoms. The van der Waals surface area contributed by atoms with Crippen LogP contribution in [0.5, 0.6) is 0 Å². The fraction of sp³-hybridized carbons (Fsp3) is 0.750. The molecule has 0 rings (SSSR count). The van der Waals surface area contributed by atoms with E-state index in [9.17, 15) is 0 Å². The SMILES string of the molecule is C=C[Si](Cl)(Cl)[Si](Cl)(Cl)N(C(C)C)C(C)C. The van der Waals surface area contributed by atoms with E-state index in [2.05, 4.69) is 6.58 Å². The molecule has 0 aromatic rings. The Bertz CT molecular complexity index is 223. The lowest BCUT2D eigenvalue weighted by molar-refractivity contribution is 0.311. The molecule has 0 spiro atoms. The van der Waals surface area contributed by atoms with Gasteiger partial charge in [-0.2, -0.15) is 0 Å². The van der Waals surface area contributed by atoms with Crippen LogP contribution in [0, 0.1) is 0 Å². The first-order valence-electron chi connectivity index (χ1n) is 4.75. The third-order valence-electron chi connectivity index (χ3n) is 2.09. The van der Waals surface area contributed by atoms with Crippen molar-refractivity contribution in [3.63, 3.8) is 0 Å². The summed E-state index contributed by atoms with van der Waals surface area (Å²) < 4.78 is 2.03. The first kappa shape index (κ1) is 16.3. The van der Waals surface area contributed by atoms with Crippen molar-refractivity contribution in [1.82, 2.24) is 4.57 Å². The Kier molecular flexibility index (Phi) is 6.26. The van der Waals surface area contributed by atoms with Crippen molar-refractivity contribution in [2.45, 2.75) is 39.8 Å². The van der Waals surface area contributed by atoms with Crippen molar-refractivity contribution < 1.29 is 0 Å². The summed E-state index contributed by atoms with van der Waals surface area (Å²) in [6.45, 7) is 11.8. The first-order valence-corrected chi connectivity index (χ1v) is 13.8. The standard InChI is InChI=1S/C8H17Cl4NSi2/c1-6-14(9,10)15(11,12)13(7(2)3)8(4)5/h6-8H,1H2,2-5H3. The second-order valence-electron chi connectivity index (χ2n) is 3.96. The average Bonchev–Trinajstić information content (AvgIpc) is 2.01. The summed E-state index contributed by atoms with van der Waals surface area (Å²) in [5.74, 6) is 0. The zero-order valence-corrected chi connectivity index (χ0v) is 14.4. The smallest absolute Gasteiger partial charge is 0.296 e. The van der Waals surface area contributed by atoms with Gasteiger partial charge >= 0.3 is 12.6 Å². The zero-order valence-electron chi connectivity index (χ0n) is 9.40. The summed E-state index contributed by atoms with van der Waals surface area (Å²) in [5, 5.41) is 0. The summed E-state index contributed by atoms with van der Waals surface area (Å²) in [7, 11) is 0. The van der Waals surface area contributed by atoms with Gasteiger partial charge in [0.25, 0.3) is 0 Å². The molecule has 0 aromatic carbocycles. The van der Waals surface area contributed by atoms with Gasteiger partial charge in [-0.25, -0.2) is 0 Å². The molecule has 0 aromatic heterocycles. The maximum Gasteiger partial charge on any atom is 0.347 e. The van der Waals surface area contributed by atoms with Crippen molar-refractivity contribution in [2.24, 2.45) is 0 Å². The molecular formula is C8H17Cl4NSi2. The molecule has 0 aliphatic rings. The van der Waals surface area contributed by atoms with Gasteiger partial charge in [-0.15, -0.1) is 50.9 Å². The molecular weight excluding hydrogens is 308 g/mol. The average molecular weight is 325 g/mol. The van der Waals surface area contributed by atoms with Crippen LogP contribution in [0.2, 0.25) is 0 Å². The molecule has 0 saturated heterocycles. The molecule has 0 heterocycles. The zero-order chi connectivity index (χ0) is 12.4. The lowest BCUT2D eigenvalue weighted by Crippen LogP contribution is -2.64. The van der Waals surface area contributed by atoms with Crippen molar-refractivity contribution in [1.29, 1.82) is 0 Å². The van der Waals surface area contributed by atoms with Gasteiger partial charge in [0.05, 0.1) is 0 Å². The minimum atomic E-state index is -2.86. The fourth-order valence-corrected chi connectivity index (χ4v) is 12.2. The molecule has 0 aliphatic heterocycles. The Hall–Kier alpha value is 1.29. The van der Waals surface area contributed by atoms with Crippen LogP contribution in [-0.2, 0) is 0 Å². The number of hydrogen-bond acceptors (Lipinski definition) is 1. The van der Waals surface area contributed by atoms with E-state index in [1.807, 2.05) is 32.3 Å². The Balaban J connectivity index is 5.20. The maximum absolute atomic E-state index is 6.44. The summed E-state index contributed by atoms with van der Waals surface area (Å²) in [6.07, 6.45) is -5.65. The van der Waals surface area contributed by atoms with Gasteiger partial charge in [-0.1, -0.05) is 33.4 Å². The Morgan fingerprint density at radius 3 is 1.53 bits per heavy atom. The molecule has 0 radical (unpaired) electrons. The van der Waals surface area contributed by atoms with Gasteiger partial charge in [-0.05, 0) is 12.1 Å². The van der Waals surface area contributed by atoms with Gasteiger partial charge in [0.15, 0.2) is 0 Å². The van der Waals surface area contributed by atoms with E-state index < -0.39 is 12.6 Å². The number of halogens is 4. The largest absolute Gasteiger partial charge is 0.347 e. The Labute approximate surface area is 113 Å². The molecule has 0 unspecified atom stereocenters. The number of nitrogens with zero attached hydrogens (tertiary/aromatic N) is 1. The van der Waals surface area contributed by atoms with E-state index in [4.69, 9.17) is 44.3 Å². The molecule has 0 bridgehead atoms. The molecule has 0 atom stereocenters. The van der Waals surface area contributed by atoms with Crippen LogP contribution in [0.1, 0.15) is 27.7 Å². The van der Waals surface area contributed by atoms with Crippen molar-refractivity contribution in [3.8, 4) is 0 Å². The van der Waals surface area contributed by atoms with Gasteiger partial charge in [0, 0.05) is 0 Å². The summed E-state index contributed by atoms with van der Waals surface area (Å²) in [6, 6.07) is 0.437. The Morgan fingerprint density at radius 1 is 1.00 bits per heavy atom. The molecule has 0 fully saturated rings. The third kappa shape index (κ3) is 3.63. The van der Waals surface area contributed by atoms with Gasteiger partial charge in [0.2, 0.25) is 0 Å². The second-order valence-corrected chi connectivity index (χ2v) is 23.6. The summed E-state index contributed by atoms with van der Waals surface area (Å²) >= 11 is 25.4. The van der Waals surface area contributed by atoms with E-state index in [0.29, 0.717) is 0 Å². The molecule has 0 saturated carbocycles. The fourth-order valence-electron chi connectivity index (χ4n) is 1.54. The number of rotatable bonds is 5. The van der Waals surface area contributed by atoms with Crippen LogP contribution in [-0.4, -0.2) is 29.2 Å². The highest BCUT2D eigenvalue weighted by molar-refractivity contribution is 7.93. The Morgan fingerprint density at radius 2 is 1.33 bits per heavy atom. The monoisotopic (exact) mass is 323 g/mol. The molecule has 90 valence electrons. The quantitative estimate of drug-likeness (QED) is 0.540. The number of hydrogen-bond donors (Lipinski definition) is 0. The molecule has 0 N–H and O–H groups in total. The lowest BCUT2D eigenvalue weighted by Gasteiger charge is -2.42. The summed E-state index contributed by atoms with van der Waals surface area (Å²) in [5.41, 5.74) is 1.54. The topological polar surface area (TPSA) is 3.24 Å². The van der Waals surface area contributed by atoms with Gasteiger partial charge in [-0.3, -0.25) is 4.57 Å². The second kappa shape index (κ2) is 5.76. The summed E-state index contributed by atoms with van der Waals surface area (Å²) in [4.78, 5) is 0. The van der Waals surface area contributed by atoms with Crippen molar-refractivity contribution >= 4 is 56.9 Å². The van der Waals surface area contributed by atoms with Crippen LogP contribution >= 0.6 is 44.3 Å². The first-order chi connectivity index (χ1) is 6.58. The maximum atomic E-state index is 6.44. The van der Waals surface area contributed by atoms with E-state index in [0.717, 1.165) is 0 Å².